The van der Waals surface area contributed by atoms with Crippen LogP contribution >= 0.6 is 0 Å². The molecule has 0 saturated carbocycles. The number of benzene rings is 3. The number of para-hydroxylation sites is 2. The third-order valence-electron chi connectivity index (χ3n) is 7.44. The molecule has 1 aliphatic heterocycles. The molecule has 1 saturated heterocycles. The van der Waals surface area contributed by atoms with Gasteiger partial charge in [-0.25, -0.2) is 0 Å². The van der Waals surface area contributed by atoms with Crippen molar-refractivity contribution in [1.82, 2.24) is 0 Å². The van der Waals surface area contributed by atoms with E-state index < -0.39 is 0 Å². The minimum Gasteiger partial charge on any atom is -0.872 e. The van der Waals surface area contributed by atoms with E-state index in [4.69, 9.17) is 9.47 Å². The first-order chi connectivity index (χ1) is 19.0. The van der Waals surface area contributed by atoms with Gasteiger partial charge in [-0.2, -0.15) is 0 Å². The monoisotopic (exact) mass is 743 g/mol. The predicted molar refractivity (Wildman–Crippen MR) is 169 cm³/mol. The first kappa shape index (κ1) is 34.6. The van der Waals surface area contributed by atoms with Crippen molar-refractivity contribution in [3.8, 4) is 17.2 Å². The molecule has 0 bridgehead atoms. The molecular weight excluding hydrogens is 693 g/mol. The van der Waals surface area contributed by atoms with Crippen LogP contribution in [0, 0.1) is 6.67 Å². The molecule has 1 heterocycles. The topological polar surface area (TPSA) is 48.0 Å². The smallest absolute Gasteiger partial charge is 0.872 e. The van der Waals surface area contributed by atoms with Gasteiger partial charge in [-0.15, -0.1) is 5.75 Å². The molecule has 5 nitrogen and oxygen atoms in total. The third kappa shape index (κ3) is 8.47. The number of hydrogen-bond acceptors (Lipinski definition) is 5. The number of nitrogens with zero attached hydrogens (tertiary/aromatic N) is 2. The second-order valence-corrected chi connectivity index (χ2v) is 11.7. The van der Waals surface area contributed by atoms with Crippen molar-refractivity contribution in [1.29, 1.82) is 0 Å². The van der Waals surface area contributed by atoms with Gasteiger partial charge in [0.05, 0.1) is 14.2 Å². The number of methoxy groups -OCH3 is 2. The average molecular weight is 744 g/mol. The zero-order chi connectivity index (χ0) is 29.6. The Kier molecular flexibility index (Phi) is 13.1. The van der Waals surface area contributed by atoms with E-state index in [-0.39, 0.29) is 29.6 Å². The summed E-state index contributed by atoms with van der Waals surface area (Å²) in [4.78, 5) is 5.01. The zero-order valence-corrected chi connectivity index (χ0v) is 28.6. The van der Waals surface area contributed by atoms with Crippen molar-refractivity contribution in [2.45, 2.75) is 79.1 Å². The molecule has 0 amide bonds. The van der Waals surface area contributed by atoms with E-state index in [1.54, 1.807) is 6.07 Å². The standard InChI is InChI=1S/C27H39N2.C8H10O3.Au.H2/c1-18(2)22-11-9-12-23(19(3)4)26(22)28-15-16-29(17-28)27-24(20(5)6)13-10-14-25(27)21(7)8;1-10-7-3-6(9)4-8(5-7)11-2;;/h9-14,17-21H,15-16H2,1-8H3;3-5,9H,1-2H3;;1H/q;;+1;/p-1. The SMILES string of the molecule is CC(C)c1cccc(C(C)C)c1N1[CH]N(c2c(C(C)C)cccc2C(C)C)CC1.COc1cc([O-])cc(OC)c1.[Au+].[HH]. The van der Waals surface area contributed by atoms with E-state index in [0.717, 1.165) is 13.1 Å². The fourth-order valence-electron chi connectivity index (χ4n) is 5.31. The minimum absolute atomic E-state index is 0. The molecule has 1 aliphatic rings. The summed E-state index contributed by atoms with van der Waals surface area (Å²) >= 11 is 0. The molecule has 3 aromatic rings. The van der Waals surface area contributed by atoms with Gasteiger partial charge in [0.2, 0.25) is 0 Å². The van der Waals surface area contributed by atoms with Crippen molar-refractivity contribution in [3.63, 3.8) is 0 Å². The first-order valence-electron chi connectivity index (χ1n) is 14.5. The molecule has 6 heteroatoms. The molecule has 0 aliphatic carbocycles. The summed E-state index contributed by atoms with van der Waals surface area (Å²) in [5.74, 6) is 2.99. The van der Waals surface area contributed by atoms with Crippen molar-refractivity contribution in [2.24, 2.45) is 0 Å². The van der Waals surface area contributed by atoms with Crippen molar-refractivity contribution < 1.29 is 38.4 Å². The Morgan fingerprint density at radius 2 is 0.927 bits per heavy atom. The molecule has 41 heavy (non-hydrogen) atoms. The van der Waals surface area contributed by atoms with Gasteiger partial charge in [0.25, 0.3) is 0 Å². The fourth-order valence-corrected chi connectivity index (χ4v) is 5.31. The predicted octanol–water partition coefficient (Wildman–Crippen LogP) is 8.65. The van der Waals surface area contributed by atoms with Crippen LogP contribution in [0.1, 0.15) is 103 Å². The summed E-state index contributed by atoms with van der Waals surface area (Å²) in [6, 6.07) is 18.2. The maximum atomic E-state index is 10.9. The van der Waals surface area contributed by atoms with E-state index in [1.807, 2.05) is 0 Å². The van der Waals surface area contributed by atoms with E-state index in [2.05, 4.69) is 108 Å². The van der Waals surface area contributed by atoms with Gasteiger partial charge in [0.15, 0.2) is 0 Å². The molecule has 0 atom stereocenters. The number of hydrogen-bond donors (Lipinski definition) is 0. The van der Waals surface area contributed by atoms with Crippen molar-refractivity contribution in [2.75, 3.05) is 37.1 Å². The van der Waals surface area contributed by atoms with Crippen LogP contribution in [0.15, 0.2) is 54.6 Å². The van der Waals surface area contributed by atoms with Gasteiger partial charge in [0, 0.05) is 32.0 Å². The molecule has 0 N–H and O–H groups in total. The van der Waals surface area contributed by atoms with Gasteiger partial charge in [-0.05, 0) is 58.1 Å². The largest absolute Gasteiger partial charge is 1.00 e. The number of ether oxygens (including phenoxy) is 2. The fraction of sp³-hybridized carbons (Fsp3) is 0.457. The van der Waals surface area contributed by atoms with Gasteiger partial charge >= 0.3 is 22.4 Å². The Morgan fingerprint density at radius 1 is 0.610 bits per heavy atom. The van der Waals surface area contributed by atoms with Crippen molar-refractivity contribution >= 4 is 11.4 Å². The Balaban J connectivity index is 0.000000575. The van der Waals surface area contributed by atoms with Gasteiger partial charge < -0.3 is 24.4 Å². The van der Waals surface area contributed by atoms with Crippen molar-refractivity contribution in [3.05, 3.63) is 83.5 Å². The molecular formula is C35H50AuN2O3. The molecule has 0 spiro atoms. The molecule has 3 aromatic carbocycles. The van der Waals surface area contributed by atoms with E-state index >= 15 is 0 Å². The summed E-state index contributed by atoms with van der Waals surface area (Å²) in [5, 5.41) is 10.9. The van der Waals surface area contributed by atoms with Gasteiger partial charge in [-0.1, -0.05) is 91.8 Å². The Bertz CT molecular complexity index is 1120. The molecule has 1 radical (unpaired) electrons. The molecule has 4 rings (SSSR count). The second-order valence-electron chi connectivity index (χ2n) is 11.7. The van der Waals surface area contributed by atoms with Crippen LogP contribution in [0.4, 0.5) is 11.4 Å². The summed E-state index contributed by atoms with van der Waals surface area (Å²) in [6.07, 6.45) is 0. The van der Waals surface area contributed by atoms with Crippen LogP contribution in [0.25, 0.3) is 0 Å². The molecule has 229 valence electrons. The van der Waals surface area contributed by atoms with Crippen LogP contribution in [0.3, 0.4) is 0 Å². The third-order valence-corrected chi connectivity index (χ3v) is 7.44. The zero-order valence-electron chi connectivity index (χ0n) is 26.4. The number of rotatable bonds is 8. The Hall–Kier alpha value is -2.60. The molecule has 1 fully saturated rings. The summed E-state index contributed by atoms with van der Waals surface area (Å²) in [6.45, 7) is 22.9. The maximum Gasteiger partial charge on any atom is 1.00 e. The van der Waals surface area contributed by atoms with Crippen LogP contribution in [-0.2, 0) is 22.4 Å². The summed E-state index contributed by atoms with van der Waals surface area (Å²) in [5.41, 5.74) is 8.67. The Labute approximate surface area is 265 Å². The van der Waals surface area contributed by atoms with Crippen LogP contribution in [0.2, 0.25) is 0 Å². The maximum absolute atomic E-state index is 10.9. The summed E-state index contributed by atoms with van der Waals surface area (Å²) in [7, 11) is 3.02. The minimum atomic E-state index is -0.110. The Morgan fingerprint density at radius 3 is 1.20 bits per heavy atom. The first-order valence-corrected chi connectivity index (χ1v) is 14.5. The van der Waals surface area contributed by atoms with E-state index in [0.29, 0.717) is 35.2 Å². The second kappa shape index (κ2) is 15.6. The van der Waals surface area contributed by atoms with E-state index in [9.17, 15) is 5.11 Å². The van der Waals surface area contributed by atoms with Crippen LogP contribution < -0.4 is 24.4 Å². The van der Waals surface area contributed by atoms with E-state index in [1.165, 1.54) is 60.0 Å². The molecule has 0 aromatic heterocycles. The molecule has 0 unspecified atom stereocenters. The van der Waals surface area contributed by atoms with Crippen LogP contribution in [0.5, 0.6) is 17.2 Å². The normalized spacial score (nSPS) is 13.0. The number of anilines is 2. The van der Waals surface area contributed by atoms with Gasteiger partial charge in [-0.3, -0.25) is 0 Å². The van der Waals surface area contributed by atoms with Crippen LogP contribution in [-0.4, -0.2) is 27.3 Å². The quantitative estimate of drug-likeness (QED) is 0.216. The van der Waals surface area contributed by atoms with Gasteiger partial charge in [0.1, 0.15) is 18.2 Å². The average Bonchev–Trinajstić information content (AvgIpc) is 3.41. The summed E-state index contributed by atoms with van der Waals surface area (Å²) < 4.78 is 9.72.